The second-order valence-corrected chi connectivity index (χ2v) is 9.84. The topological polar surface area (TPSA) is 77.0 Å². The lowest BCUT2D eigenvalue weighted by Gasteiger charge is -2.34. The Morgan fingerprint density at radius 1 is 1.14 bits per heavy atom. The first-order chi connectivity index (χ1) is 13.6. The van der Waals surface area contributed by atoms with Crippen LogP contribution in [0.3, 0.4) is 0 Å². The molecule has 6 nitrogen and oxygen atoms in total. The summed E-state index contributed by atoms with van der Waals surface area (Å²) in [5, 5.41) is 17.6. The molecule has 1 saturated heterocycles. The Morgan fingerprint density at radius 2 is 1.82 bits per heavy atom. The summed E-state index contributed by atoms with van der Waals surface area (Å²) in [5.41, 5.74) is -0.628. The summed E-state index contributed by atoms with van der Waals surface area (Å²) < 4.78 is 0. The van der Waals surface area contributed by atoms with Crippen LogP contribution in [0.15, 0.2) is 4.99 Å². The average molecular weight is 411 g/mol. The predicted molar refractivity (Wildman–Crippen MR) is 117 cm³/mol. The van der Waals surface area contributed by atoms with Crippen molar-refractivity contribution in [2.75, 3.05) is 37.7 Å². The minimum Gasteiger partial charge on any atom is -0.388 e. The standard InChI is InChI=1S/C21H38N4O2S/c1-2-22-20(23-16-21(27)10-4-3-5-11-21)24-18-8-6-17(7-9-18)19(26)25-12-14-28-15-13-25/h17-18,27H,2-16H2,1H3,(H2,22,23,24). The first kappa shape index (κ1) is 21.8. The minimum atomic E-state index is -0.628. The van der Waals surface area contributed by atoms with Gasteiger partial charge in [-0.1, -0.05) is 19.3 Å². The Morgan fingerprint density at radius 3 is 2.46 bits per heavy atom. The Kier molecular flexibility index (Phi) is 8.33. The Bertz CT molecular complexity index is 522. The first-order valence-electron chi connectivity index (χ1n) is 11.2. The monoisotopic (exact) mass is 410 g/mol. The van der Waals surface area contributed by atoms with Gasteiger partial charge in [-0.05, 0) is 45.4 Å². The zero-order valence-corrected chi connectivity index (χ0v) is 18.2. The van der Waals surface area contributed by atoms with Crippen molar-refractivity contribution in [3.8, 4) is 0 Å². The van der Waals surface area contributed by atoms with Gasteiger partial charge in [-0.15, -0.1) is 0 Å². The van der Waals surface area contributed by atoms with Crippen LogP contribution >= 0.6 is 11.8 Å². The van der Waals surface area contributed by atoms with E-state index in [1.807, 2.05) is 11.8 Å². The number of hydrogen-bond acceptors (Lipinski definition) is 4. The maximum Gasteiger partial charge on any atom is 0.225 e. The molecule has 1 amide bonds. The highest BCUT2D eigenvalue weighted by molar-refractivity contribution is 7.99. The number of hydrogen-bond donors (Lipinski definition) is 3. The number of rotatable bonds is 5. The number of aliphatic hydroxyl groups is 1. The van der Waals surface area contributed by atoms with E-state index in [-0.39, 0.29) is 5.92 Å². The van der Waals surface area contributed by atoms with Crippen LogP contribution in [0.2, 0.25) is 0 Å². The van der Waals surface area contributed by atoms with Gasteiger partial charge in [-0.25, -0.2) is 0 Å². The molecule has 7 heteroatoms. The molecule has 28 heavy (non-hydrogen) atoms. The minimum absolute atomic E-state index is 0.198. The Balaban J connectivity index is 1.46. The Hall–Kier alpha value is -0.950. The maximum absolute atomic E-state index is 12.7. The molecule has 0 spiro atoms. The third-order valence-electron chi connectivity index (χ3n) is 6.40. The number of nitrogens with one attached hydrogen (secondary N) is 2. The third-order valence-corrected chi connectivity index (χ3v) is 7.34. The maximum atomic E-state index is 12.7. The van der Waals surface area contributed by atoms with Gasteiger partial charge in [0, 0.05) is 43.1 Å². The van der Waals surface area contributed by atoms with E-state index in [0.29, 0.717) is 18.5 Å². The summed E-state index contributed by atoms with van der Waals surface area (Å²) in [4.78, 5) is 19.5. The van der Waals surface area contributed by atoms with Gasteiger partial charge in [-0.2, -0.15) is 11.8 Å². The van der Waals surface area contributed by atoms with Crippen molar-refractivity contribution in [3.05, 3.63) is 0 Å². The highest BCUT2D eigenvalue weighted by Gasteiger charge is 2.31. The number of nitrogens with zero attached hydrogens (tertiary/aromatic N) is 2. The van der Waals surface area contributed by atoms with Crippen molar-refractivity contribution in [3.63, 3.8) is 0 Å². The van der Waals surface area contributed by atoms with Crippen molar-refractivity contribution in [1.82, 2.24) is 15.5 Å². The molecule has 0 bridgehead atoms. The fourth-order valence-corrected chi connectivity index (χ4v) is 5.54. The highest BCUT2D eigenvalue weighted by atomic mass is 32.2. The molecular weight excluding hydrogens is 372 g/mol. The summed E-state index contributed by atoms with van der Waals surface area (Å²) in [6, 6.07) is 0.361. The summed E-state index contributed by atoms with van der Waals surface area (Å²) in [5.74, 6) is 3.54. The fourth-order valence-electron chi connectivity index (χ4n) is 4.63. The molecule has 0 aromatic rings. The van der Waals surface area contributed by atoms with Crippen LogP contribution in [-0.2, 0) is 4.79 Å². The van der Waals surface area contributed by atoms with Crippen molar-refractivity contribution >= 4 is 23.6 Å². The van der Waals surface area contributed by atoms with Crippen LogP contribution < -0.4 is 10.6 Å². The van der Waals surface area contributed by atoms with Crippen LogP contribution in [0.25, 0.3) is 0 Å². The van der Waals surface area contributed by atoms with Crippen molar-refractivity contribution < 1.29 is 9.90 Å². The van der Waals surface area contributed by atoms with Gasteiger partial charge >= 0.3 is 0 Å². The van der Waals surface area contributed by atoms with Crippen LogP contribution in [0.1, 0.15) is 64.7 Å². The highest BCUT2D eigenvalue weighted by Crippen LogP contribution is 2.29. The quantitative estimate of drug-likeness (QED) is 0.479. The van der Waals surface area contributed by atoms with E-state index in [9.17, 15) is 9.90 Å². The van der Waals surface area contributed by atoms with E-state index in [2.05, 4.69) is 22.5 Å². The van der Waals surface area contributed by atoms with Crippen molar-refractivity contribution in [1.29, 1.82) is 0 Å². The molecule has 1 heterocycles. The fraction of sp³-hybridized carbons (Fsp3) is 0.905. The normalized spacial score (nSPS) is 28.6. The molecule has 1 aliphatic heterocycles. The second kappa shape index (κ2) is 10.7. The molecule has 3 aliphatic rings. The van der Waals surface area contributed by atoms with E-state index >= 15 is 0 Å². The lowest BCUT2D eigenvalue weighted by Crippen LogP contribution is -2.48. The van der Waals surface area contributed by atoms with Gasteiger partial charge in [0.15, 0.2) is 5.96 Å². The van der Waals surface area contributed by atoms with E-state index in [1.165, 1.54) is 6.42 Å². The molecule has 0 atom stereocenters. The summed E-state index contributed by atoms with van der Waals surface area (Å²) in [7, 11) is 0. The molecule has 0 aromatic carbocycles. The molecule has 3 N–H and O–H groups in total. The van der Waals surface area contributed by atoms with Crippen LogP contribution in [-0.4, -0.2) is 71.2 Å². The Labute approximate surface area is 174 Å². The van der Waals surface area contributed by atoms with Crippen LogP contribution in [0, 0.1) is 5.92 Å². The average Bonchev–Trinajstić information content (AvgIpc) is 2.73. The third kappa shape index (κ3) is 6.28. The van der Waals surface area contributed by atoms with Gasteiger partial charge in [0.2, 0.25) is 5.91 Å². The second-order valence-electron chi connectivity index (χ2n) is 8.61. The number of carbonyl (C=O) groups is 1. The van der Waals surface area contributed by atoms with Crippen molar-refractivity contribution in [2.24, 2.45) is 10.9 Å². The molecule has 160 valence electrons. The van der Waals surface area contributed by atoms with Gasteiger partial charge in [0.05, 0.1) is 12.1 Å². The summed E-state index contributed by atoms with van der Waals surface area (Å²) >= 11 is 1.95. The number of carbonyl (C=O) groups excluding carboxylic acids is 1. The van der Waals surface area contributed by atoms with Crippen molar-refractivity contribution in [2.45, 2.75) is 76.4 Å². The lowest BCUT2D eigenvalue weighted by molar-refractivity contribution is -0.136. The predicted octanol–water partition coefficient (Wildman–Crippen LogP) is 2.37. The molecule has 0 aromatic heterocycles. The zero-order valence-electron chi connectivity index (χ0n) is 17.4. The first-order valence-corrected chi connectivity index (χ1v) is 12.4. The molecule has 2 saturated carbocycles. The smallest absolute Gasteiger partial charge is 0.225 e. The molecule has 2 aliphatic carbocycles. The van der Waals surface area contributed by atoms with E-state index in [1.54, 1.807) is 0 Å². The van der Waals surface area contributed by atoms with E-state index in [4.69, 9.17) is 4.99 Å². The molecule has 0 unspecified atom stereocenters. The van der Waals surface area contributed by atoms with E-state index in [0.717, 1.165) is 88.5 Å². The van der Waals surface area contributed by atoms with Crippen LogP contribution in [0.4, 0.5) is 0 Å². The van der Waals surface area contributed by atoms with Gasteiger partial charge in [0.1, 0.15) is 0 Å². The summed E-state index contributed by atoms with van der Waals surface area (Å²) in [6.45, 7) is 5.19. The molecular formula is C21H38N4O2S. The van der Waals surface area contributed by atoms with Gasteiger partial charge in [-0.3, -0.25) is 9.79 Å². The summed E-state index contributed by atoms with van der Waals surface area (Å²) in [6.07, 6.45) is 9.08. The van der Waals surface area contributed by atoms with E-state index < -0.39 is 5.60 Å². The molecule has 3 fully saturated rings. The molecule has 0 radical (unpaired) electrons. The van der Waals surface area contributed by atoms with Gasteiger partial charge < -0.3 is 20.6 Å². The lowest BCUT2D eigenvalue weighted by atomic mass is 9.85. The number of aliphatic imine (C=N–C) groups is 1. The number of guanidine groups is 1. The molecule has 3 rings (SSSR count). The SMILES string of the molecule is CCNC(=NCC1(O)CCCCC1)NC1CCC(C(=O)N2CCSCC2)CC1. The number of amides is 1. The van der Waals surface area contributed by atoms with Crippen LogP contribution in [0.5, 0.6) is 0 Å². The number of thioether (sulfide) groups is 1. The largest absolute Gasteiger partial charge is 0.388 e. The van der Waals surface area contributed by atoms with Gasteiger partial charge in [0.25, 0.3) is 0 Å². The zero-order chi connectivity index (χ0) is 19.8.